The smallest absolute Gasteiger partial charge is 0.357 e. The van der Waals surface area contributed by atoms with Crippen LogP contribution in [0, 0.1) is 6.92 Å². The van der Waals surface area contributed by atoms with Crippen molar-refractivity contribution in [3.8, 4) is 11.1 Å². The number of aryl methyl sites for hydroxylation is 1. The van der Waals surface area contributed by atoms with Crippen LogP contribution < -0.4 is 5.32 Å². The summed E-state index contributed by atoms with van der Waals surface area (Å²) in [7, 11) is 0. The third-order valence-corrected chi connectivity index (χ3v) is 4.43. The van der Waals surface area contributed by atoms with E-state index < -0.39 is 5.97 Å². The van der Waals surface area contributed by atoms with E-state index in [0.717, 1.165) is 16.9 Å². The van der Waals surface area contributed by atoms with Crippen molar-refractivity contribution in [3.63, 3.8) is 0 Å². The predicted molar refractivity (Wildman–Crippen MR) is 105 cm³/mol. The van der Waals surface area contributed by atoms with Gasteiger partial charge in [0.05, 0.1) is 5.52 Å². The van der Waals surface area contributed by atoms with Gasteiger partial charge < -0.3 is 10.4 Å². The summed E-state index contributed by atoms with van der Waals surface area (Å²) < 4.78 is 0. The molecule has 0 aliphatic carbocycles. The fourth-order valence-corrected chi connectivity index (χ4v) is 3.12. The Labute approximate surface area is 155 Å². The van der Waals surface area contributed by atoms with Crippen LogP contribution in [0.2, 0.25) is 0 Å². The summed E-state index contributed by atoms with van der Waals surface area (Å²) in [4.78, 5) is 15.8. The molecule has 2 heterocycles. The molecule has 0 radical (unpaired) electrons. The molecule has 0 amide bonds. The standard InChI is InChI=1S/C21H18N4O2/c1-13-4-2-5-14(10-13)11-22-18-9-8-15(12-23-18)16-6-3-7-17-19(16)24-25-20(17)21(26)27/h2-10,12H,11H2,1H3,(H,22,23)(H,24,25)(H,26,27). The second-order valence-corrected chi connectivity index (χ2v) is 6.38. The maximum atomic E-state index is 11.3. The number of hydrogen-bond donors (Lipinski definition) is 3. The number of aromatic nitrogens is 3. The van der Waals surface area contributed by atoms with Crippen molar-refractivity contribution in [3.05, 3.63) is 77.6 Å². The van der Waals surface area contributed by atoms with E-state index in [0.29, 0.717) is 17.4 Å². The molecule has 0 saturated carbocycles. The zero-order valence-electron chi connectivity index (χ0n) is 14.7. The Morgan fingerprint density at radius 1 is 1.15 bits per heavy atom. The van der Waals surface area contributed by atoms with Crippen LogP contribution in [0.5, 0.6) is 0 Å². The Morgan fingerprint density at radius 2 is 2.00 bits per heavy atom. The molecule has 2 aromatic heterocycles. The number of carboxylic acids is 1. The van der Waals surface area contributed by atoms with Crippen LogP contribution in [0.3, 0.4) is 0 Å². The van der Waals surface area contributed by atoms with Gasteiger partial charge in [-0.1, -0.05) is 48.0 Å². The normalized spacial score (nSPS) is 10.9. The lowest BCUT2D eigenvalue weighted by molar-refractivity contribution is 0.0692. The minimum Gasteiger partial charge on any atom is -0.476 e. The van der Waals surface area contributed by atoms with Gasteiger partial charge in [0.2, 0.25) is 0 Å². The minimum atomic E-state index is -1.05. The number of nitrogens with zero attached hydrogens (tertiary/aromatic N) is 2. The van der Waals surface area contributed by atoms with Crippen LogP contribution in [-0.2, 0) is 6.54 Å². The van der Waals surface area contributed by atoms with E-state index in [1.165, 1.54) is 11.1 Å². The number of benzene rings is 2. The Morgan fingerprint density at radius 3 is 2.74 bits per heavy atom. The predicted octanol–water partition coefficient (Wildman–Crippen LogP) is 4.24. The zero-order chi connectivity index (χ0) is 18.8. The van der Waals surface area contributed by atoms with E-state index in [1.807, 2.05) is 30.3 Å². The molecule has 6 nitrogen and oxygen atoms in total. The van der Waals surface area contributed by atoms with Crippen LogP contribution in [0.25, 0.3) is 22.0 Å². The molecule has 0 aliphatic heterocycles. The largest absolute Gasteiger partial charge is 0.476 e. The van der Waals surface area contributed by atoms with Crippen molar-refractivity contribution in [2.45, 2.75) is 13.5 Å². The van der Waals surface area contributed by atoms with Gasteiger partial charge >= 0.3 is 5.97 Å². The van der Waals surface area contributed by atoms with Gasteiger partial charge in [0.25, 0.3) is 0 Å². The Bertz CT molecular complexity index is 1120. The highest BCUT2D eigenvalue weighted by atomic mass is 16.4. The minimum absolute atomic E-state index is 0.0243. The van der Waals surface area contributed by atoms with E-state index in [4.69, 9.17) is 0 Å². The molecule has 6 heteroatoms. The molecule has 27 heavy (non-hydrogen) atoms. The van der Waals surface area contributed by atoms with Crippen molar-refractivity contribution in [2.24, 2.45) is 0 Å². The SMILES string of the molecule is Cc1cccc(CNc2ccc(-c3cccc4c(C(=O)O)n[nH]c34)cn2)c1. The summed E-state index contributed by atoms with van der Waals surface area (Å²) in [6.07, 6.45) is 1.77. The first kappa shape index (κ1) is 16.8. The number of fused-ring (bicyclic) bond motifs is 1. The molecule has 0 saturated heterocycles. The average molecular weight is 358 g/mol. The molecule has 0 unspecified atom stereocenters. The van der Waals surface area contributed by atoms with Crippen molar-refractivity contribution >= 4 is 22.7 Å². The maximum Gasteiger partial charge on any atom is 0.357 e. The summed E-state index contributed by atoms with van der Waals surface area (Å²) in [5, 5.41) is 19.9. The Hall–Kier alpha value is -3.67. The lowest BCUT2D eigenvalue weighted by Gasteiger charge is -2.08. The van der Waals surface area contributed by atoms with Crippen LogP contribution in [0.4, 0.5) is 5.82 Å². The monoisotopic (exact) mass is 358 g/mol. The number of H-pyrrole nitrogens is 1. The lowest BCUT2D eigenvalue weighted by Crippen LogP contribution is -2.01. The number of carbonyl (C=O) groups is 1. The molecule has 0 fully saturated rings. The van der Waals surface area contributed by atoms with Gasteiger partial charge in [-0.05, 0) is 24.6 Å². The number of hydrogen-bond acceptors (Lipinski definition) is 4. The molecule has 0 aliphatic rings. The summed E-state index contributed by atoms with van der Waals surface area (Å²) in [6, 6.07) is 17.7. The number of pyridine rings is 1. The van der Waals surface area contributed by atoms with Crippen molar-refractivity contribution < 1.29 is 9.90 Å². The zero-order valence-corrected chi connectivity index (χ0v) is 14.7. The quantitative estimate of drug-likeness (QED) is 0.496. The summed E-state index contributed by atoms with van der Waals surface area (Å²) in [5.41, 5.74) is 4.90. The molecule has 0 spiro atoms. The molecule has 2 aromatic carbocycles. The molecule has 4 rings (SSSR count). The summed E-state index contributed by atoms with van der Waals surface area (Å²) >= 11 is 0. The number of aromatic carboxylic acids is 1. The molecular weight excluding hydrogens is 340 g/mol. The highest BCUT2D eigenvalue weighted by Gasteiger charge is 2.15. The fourth-order valence-electron chi connectivity index (χ4n) is 3.12. The first-order valence-corrected chi connectivity index (χ1v) is 8.58. The van der Waals surface area contributed by atoms with E-state index >= 15 is 0 Å². The molecule has 4 aromatic rings. The molecule has 0 bridgehead atoms. The second-order valence-electron chi connectivity index (χ2n) is 6.38. The molecule has 0 atom stereocenters. The third kappa shape index (κ3) is 3.37. The van der Waals surface area contributed by atoms with E-state index in [-0.39, 0.29) is 5.69 Å². The highest BCUT2D eigenvalue weighted by Crippen LogP contribution is 2.28. The number of rotatable bonds is 5. The van der Waals surface area contributed by atoms with Crippen molar-refractivity contribution in [2.75, 3.05) is 5.32 Å². The summed E-state index contributed by atoms with van der Waals surface area (Å²) in [6.45, 7) is 2.77. The molecule has 3 N–H and O–H groups in total. The summed E-state index contributed by atoms with van der Waals surface area (Å²) in [5.74, 6) is -0.268. The van der Waals surface area contributed by atoms with E-state index in [1.54, 1.807) is 12.3 Å². The first-order valence-electron chi connectivity index (χ1n) is 8.58. The topological polar surface area (TPSA) is 90.9 Å². The van der Waals surface area contributed by atoms with Crippen LogP contribution in [0.15, 0.2) is 60.8 Å². The van der Waals surface area contributed by atoms with Crippen molar-refractivity contribution in [1.82, 2.24) is 15.2 Å². The third-order valence-electron chi connectivity index (χ3n) is 4.43. The first-order chi connectivity index (χ1) is 13.1. The van der Waals surface area contributed by atoms with E-state index in [9.17, 15) is 9.90 Å². The fraction of sp³-hybridized carbons (Fsp3) is 0.0952. The second kappa shape index (κ2) is 6.92. The van der Waals surface area contributed by atoms with Crippen LogP contribution in [0.1, 0.15) is 21.6 Å². The highest BCUT2D eigenvalue weighted by molar-refractivity contribution is 6.05. The molecule has 134 valence electrons. The Balaban J connectivity index is 1.57. The molecular formula is C21H18N4O2. The number of para-hydroxylation sites is 1. The van der Waals surface area contributed by atoms with Gasteiger partial charge in [0.15, 0.2) is 5.69 Å². The van der Waals surface area contributed by atoms with Crippen LogP contribution in [-0.4, -0.2) is 26.3 Å². The lowest BCUT2D eigenvalue weighted by atomic mass is 10.0. The Kier molecular flexibility index (Phi) is 4.30. The number of aromatic amines is 1. The van der Waals surface area contributed by atoms with Crippen molar-refractivity contribution in [1.29, 1.82) is 0 Å². The van der Waals surface area contributed by atoms with Gasteiger partial charge in [-0.15, -0.1) is 0 Å². The van der Waals surface area contributed by atoms with Gasteiger partial charge in [-0.25, -0.2) is 9.78 Å². The number of anilines is 1. The maximum absolute atomic E-state index is 11.3. The number of carboxylic acid groups (broad SMARTS) is 1. The van der Waals surface area contributed by atoms with Gasteiger partial charge in [-0.3, -0.25) is 5.10 Å². The van der Waals surface area contributed by atoms with Crippen LogP contribution >= 0.6 is 0 Å². The average Bonchev–Trinajstić information content (AvgIpc) is 3.11. The van der Waals surface area contributed by atoms with Gasteiger partial charge in [0.1, 0.15) is 5.82 Å². The van der Waals surface area contributed by atoms with Gasteiger partial charge in [-0.2, -0.15) is 5.10 Å². The van der Waals surface area contributed by atoms with Gasteiger partial charge in [0, 0.05) is 29.3 Å². The number of nitrogens with one attached hydrogen (secondary N) is 2. The van der Waals surface area contributed by atoms with E-state index in [2.05, 4.69) is 45.6 Å².